The van der Waals surface area contributed by atoms with Gasteiger partial charge in [-0.05, 0) is 31.2 Å². The van der Waals surface area contributed by atoms with E-state index in [9.17, 15) is 18.5 Å². The average Bonchev–Trinajstić information content (AvgIpc) is 3.22. The molecule has 3 aromatic rings. The lowest BCUT2D eigenvalue weighted by Crippen LogP contribution is -2.40. The third-order valence-corrected chi connectivity index (χ3v) is 6.79. The third kappa shape index (κ3) is 4.29. The number of morpholine rings is 1. The number of rotatable bonds is 6. The number of sulfonamides is 1. The highest BCUT2D eigenvalue weighted by Crippen LogP contribution is 2.29. The number of anilines is 1. The molecule has 0 atom stereocenters. The van der Waals surface area contributed by atoms with Gasteiger partial charge in [0.25, 0.3) is 5.69 Å². The minimum atomic E-state index is -3.85. The van der Waals surface area contributed by atoms with Crippen molar-refractivity contribution in [1.82, 2.24) is 4.31 Å². The Labute approximate surface area is 178 Å². The first-order chi connectivity index (χ1) is 14.9. The molecule has 1 aliphatic rings. The predicted molar refractivity (Wildman–Crippen MR) is 115 cm³/mol. The lowest BCUT2D eigenvalue weighted by molar-refractivity contribution is -0.384. The molecule has 0 aliphatic carbocycles. The number of fused-ring (bicyclic) bond motifs is 1. The number of furan rings is 1. The Kier molecular flexibility index (Phi) is 5.72. The molecule has 162 valence electrons. The van der Waals surface area contributed by atoms with Gasteiger partial charge < -0.3 is 9.15 Å². The first kappa shape index (κ1) is 21.0. The van der Waals surface area contributed by atoms with Crippen LogP contribution in [0.5, 0.6) is 0 Å². The Morgan fingerprint density at radius 2 is 1.90 bits per heavy atom. The predicted octanol–water partition coefficient (Wildman–Crippen LogP) is 3.20. The number of hydrazone groups is 1. The minimum absolute atomic E-state index is 0.0707. The molecule has 1 saturated heterocycles. The lowest BCUT2D eigenvalue weighted by atomic mass is 10.2. The Balaban J connectivity index is 1.61. The standard InChI is InChI=1S/C20H20N4O6S/c1-14(20-12-15-4-2-3-5-19(15)30-20)21-22-17-7-6-16(13-18(17)24(25)26)31(27,28)23-8-10-29-11-9-23/h2-7,12-13,22H,8-11H2,1H3/b21-14-. The first-order valence-electron chi connectivity index (χ1n) is 9.52. The normalized spacial score (nSPS) is 15.8. The van der Waals surface area contributed by atoms with Crippen LogP contribution in [0.1, 0.15) is 12.7 Å². The van der Waals surface area contributed by atoms with Gasteiger partial charge in [0.2, 0.25) is 10.0 Å². The minimum Gasteiger partial charge on any atom is -0.455 e. The summed E-state index contributed by atoms with van der Waals surface area (Å²) in [5.41, 5.74) is 3.52. The van der Waals surface area contributed by atoms with Gasteiger partial charge in [-0.1, -0.05) is 18.2 Å². The fourth-order valence-corrected chi connectivity index (χ4v) is 4.64. The molecule has 4 rings (SSSR count). The van der Waals surface area contributed by atoms with E-state index in [1.807, 2.05) is 30.3 Å². The van der Waals surface area contributed by atoms with E-state index >= 15 is 0 Å². The monoisotopic (exact) mass is 444 g/mol. The van der Waals surface area contributed by atoms with Crippen LogP contribution < -0.4 is 5.43 Å². The smallest absolute Gasteiger partial charge is 0.295 e. The van der Waals surface area contributed by atoms with E-state index in [1.54, 1.807) is 6.92 Å². The second kappa shape index (κ2) is 8.46. The molecule has 11 heteroatoms. The van der Waals surface area contributed by atoms with Gasteiger partial charge in [0.15, 0.2) is 5.76 Å². The van der Waals surface area contributed by atoms with E-state index < -0.39 is 20.6 Å². The van der Waals surface area contributed by atoms with Crippen molar-refractivity contribution in [2.24, 2.45) is 5.10 Å². The van der Waals surface area contributed by atoms with Crippen LogP contribution >= 0.6 is 0 Å². The van der Waals surface area contributed by atoms with Crippen LogP contribution in [-0.2, 0) is 14.8 Å². The summed E-state index contributed by atoms with van der Waals surface area (Å²) in [5, 5.41) is 16.7. The van der Waals surface area contributed by atoms with Crippen molar-refractivity contribution >= 4 is 38.1 Å². The van der Waals surface area contributed by atoms with Gasteiger partial charge in [-0.15, -0.1) is 0 Å². The highest BCUT2D eigenvalue weighted by Gasteiger charge is 2.28. The van der Waals surface area contributed by atoms with Crippen LogP contribution in [0, 0.1) is 10.1 Å². The number of hydrogen-bond acceptors (Lipinski definition) is 8. The quantitative estimate of drug-likeness (QED) is 0.351. The molecule has 0 spiro atoms. The maximum absolute atomic E-state index is 12.8. The highest BCUT2D eigenvalue weighted by molar-refractivity contribution is 7.89. The Morgan fingerprint density at radius 3 is 2.61 bits per heavy atom. The first-order valence-corrected chi connectivity index (χ1v) is 11.0. The average molecular weight is 444 g/mol. The molecule has 0 saturated carbocycles. The molecule has 10 nitrogen and oxygen atoms in total. The molecule has 0 radical (unpaired) electrons. The van der Waals surface area contributed by atoms with Crippen LogP contribution in [-0.4, -0.2) is 49.7 Å². The van der Waals surface area contributed by atoms with Crippen LogP contribution in [0.4, 0.5) is 11.4 Å². The number of ether oxygens (including phenoxy) is 1. The maximum atomic E-state index is 12.8. The summed E-state index contributed by atoms with van der Waals surface area (Å²) < 4.78 is 37.8. The van der Waals surface area contributed by atoms with Crippen molar-refractivity contribution in [3.8, 4) is 0 Å². The molecular weight excluding hydrogens is 424 g/mol. The van der Waals surface area contributed by atoms with Gasteiger partial charge >= 0.3 is 0 Å². The zero-order valence-corrected chi connectivity index (χ0v) is 17.5. The highest BCUT2D eigenvalue weighted by atomic mass is 32.2. The summed E-state index contributed by atoms with van der Waals surface area (Å²) in [6.45, 7) is 2.69. The van der Waals surface area contributed by atoms with Crippen LogP contribution in [0.3, 0.4) is 0 Å². The molecular formula is C20H20N4O6S. The van der Waals surface area contributed by atoms with E-state index in [4.69, 9.17) is 9.15 Å². The van der Waals surface area contributed by atoms with E-state index in [0.29, 0.717) is 17.1 Å². The van der Waals surface area contributed by atoms with Crippen molar-refractivity contribution in [3.05, 3.63) is 64.4 Å². The van der Waals surface area contributed by atoms with Gasteiger partial charge in [-0.2, -0.15) is 9.41 Å². The summed E-state index contributed by atoms with van der Waals surface area (Å²) in [6.07, 6.45) is 0. The summed E-state index contributed by atoms with van der Waals surface area (Å²) in [7, 11) is -3.85. The van der Waals surface area contributed by atoms with E-state index in [-0.39, 0.29) is 36.9 Å². The SMILES string of the molecule is C/C(=N/Nc1ccc(S(=O)(=O)N2CCOCC2)cc1[N+](=O)[O-])c1cc2ccccc2o1. The van der Waals surface area contributed by atoms with Crippen LogP contribution in [0.2, 0.25) is 0 Å². The van der Waals surface area contributed by atoms with Crippen LogP contribution in [0.15, 0.2) is 62.9 Å². The summed E-state index contributed by atoms with van der Waals surface area (Å²) in [6, 6.07) is 13.0. The Bertz CT molecular complexity index is 1230. The summed E-state index contributed by atoms with van der Waals surface area (Å²) in [4.78, 5) is 10.8. The number of nitrogens with one attached hydrogen (secondary N) is 1. The Morgan fingerprint density at radius 1 is 1.16 bits per heavy atom. The van der Waals surface area contributed by atoms with Crippen molar-refractivity contribution < 1.29 is 22.5 Å². The molecule has 2 heterocycles. The van der Waals surface area contributed by atoms with Gasteiger partial charge in [0.1, 0.15) is 17.0 Å². The van der Waals surface area contributed by atoms with Gasteiger partial charge in [-0.25, -0.2) is 8.42 Å². The fraction of sp³-hybridized carbons (Fsp3) is 0.250. The second-order valence-electron chi connectivity index (χ2n) is 6.91. The van der Waals surface area contributed by atoms with Crippen molar-refractivity contribution in [2.45, 2.75) is 11.8 Å². The van der Waals surface area contributed by atoms with Gasteiger partial charge in [-0.3, -0.25) is 15.5 Å². The number of nitro groups is 1. The molecule has 1 N–H and O–H groups in total. The summed E-state index contributed by atoms with van der Waals surface area (Å²) in [5.74, 6) is 0.517. The number of hydrogen-bond donors (Lipinski definition) is 1. The molecule has 0 unspecified atom stereocenters. The number of benzene rings is 2. The number of para-hydroxylation sites is 1. The zero-order chi connectivity index (χ0) is 22.0. The Hall–Kier alpha value is -3.28. The molecule has 1 fully saturated rings. The fourth-order valence-electron chi connectivity index (χ4n) is 3.21. The van der Waals surface area contributed by atoms with E-state index in [2.05, 4.69) is 10.5 Å². The number of nitro benzene ring substituents is 1. The van der Waals surface area contributed by atoms with Gasteiger partial charge in [0.05, 0.1) is 23.0 Å². The molecule has 2 aromatic carbocycles. The van der Waals surface area contributed by atoms with Crippen molar-refractivity contribution in [3.63, 3.8) is 0 Å². The molecule has 0 bridgehead atoms. The van der Waals surface area contributed by atoms with Gasteiger partial charge in [0, 0.05) is 24.5 Å². The van der Waals surface area contributed by atoms with Crippen molar-refractivity contribution in [2.75, 3.05) is 31.7 Å². The van der Waals surface area contributed by atoms with Crippen LogP contribution in [0.25, 0.3) is 11.0 Å². The van der Waals surface area contributed by atoms with Crippen molar-refractivity contribution in [1.29, 1.82) is 0 Å². The molecule has 0 amide bonds. The van der Waals surface area contributed by atoms with E-state index in [1.165, 1.54) is 16.4 Å². The largest absolute Gasteiger partial charge is 0.455 e. The lowest BCUT2D eigenvalue weighted by Gasteiger charge is -2.26. The zero-order valence-electron chi connectivity index (χ0n) is 16.6. The maximum Gasteiger partial charge on any atom is 0.295 e. The number of nitrogens with zero attached hydrogens (tertiary/aromatic N) is 3. The van der Waals surface area contributed by atoms with E-state index in [0.717, 1.165) is 11.5 Å². The third-order valence-electron chi connectivity index (χ3n) is 4.90. The molecule has 1 aromatic heterocycles. The molecule has 31 heavy (non-hydrogen) atoms. The molecule has 1 aliphatic heterocycles. The topological polar surface area (TPSA) is 127 Å². The summed E-state index contributed by atoms with van der Waals surface area (Å²) >= 11 is 0. The second-order valence-corrected chi connectivity index (χ2v) is 8.85.